The zero-order valence-corrected chi connectivity index (χ0v) is 20.4. The van der Waals surface area contributed by atoms with Crippen molar-refractivity contribution in [1.29, 1.82) is 0 Å². The Morgan fingerprint density at radius 2 is 1.56 bits per heavy atom. The molecular weight excluding hydrogens is 474 g/mol. The van der Waals surface area contributed by atoms with E-state index in [1.165, 1.54) is 18.2 Å². The molecule has 0 saturated heterocycles. The van der Waals surface area contributed by atoms with Crippen LogP contribution in [-0.2, 0) is 14.8 Å². The molecule has 0 aliphatic carbocycles. The Morgan fingerprint density at radius 1 is 0.941 bits per heavy atom. The number of benzene rings is 3. The Kier molecular flexibility index (Phi) is 8.31. The molecule has 178 valence electrons. The molecule has 34 heavy (non-hydrogen) atoms. The molecule has 3 rings (SSSR count). The molecule has 0 aliphatic rings. The Balaban J connectivity index is 1.91. The van der Waals surface area contributed by atoms with E-state index in [4.69, 9.17) is 11.6 Å². The molecule has 3 aromatic rings. The second-order valence-electron chi connectivity index (χ2n) is 7.65. The van der Waals surface area contributed by atoms with E-state index < -0.39 is 22.5 Å². The van der Waals surface area contributed by atoms with Crippen molar-refractivity contribution in [2.75, 3.05) is 16.2 Å². The highest BCUT2D eigenvalue weighted by atomic mass is 35.5. The highest BCUT2D eigenvalue weighted by Crippen LogP contribution is 2.30. The van der Waals surface area contributed by atoms with Gasteiger partial charge in [-0.15, -0.1) is 0 Å². The molecule has 3 aromatic carbocycles. The van der Waals surface area contributed by atoms with Gasteiger partial charge in [-0.05, 0) is 49.7 Å². The molecule has 2 amide bonds. The number of sulfonamides is 1. The van der Waals surface area contributed by atoms with Gasteiger partial charge < -0.3 is 10.6 Å². The normalized spacial score (nSPS) is 12.0. The van der Waals surface area contributed by atoms with Crippen LogP contribution in [0.1, 0.15) is 30.6 Å². The van der Waals surface area contributed by atoms with Gasteiger partial charge in [-0.25, -0.2) is 8.42 Å². The number of rotatable bonds is 9. The molecule has 0 heterocycles. The van der Waals surface area contributed by atoms with Crippen LogP contribution in [0.5, 0.6) is 0 Å². The number of anilines is 2. The minimum Gasteiger partial charge on any atom is -0.350 e. The zero-order valence-electron chi connectivity index (χ0n) is 18.9. The second-order valence-corrected chi connectivity index (χ2v) is 9.92. The summed E-state index contributed by atoms with van der Waals surface area (Å²) >= 11 is 6.29. The van der Waals surface area contributed by atoms with Crippen molar-refractivity contribution in [1.82, 2.24) is 5.32 Å². The maximum absolute atomic E-state index is 13.4. The Morgan fingerprint density at radius 3 is 2.24 bits per heavy atom. The van der Waals surface area contributed by atoms with Gasteiger partial charge in [0.2, 0.25) is 5.91 Å². The summed E-state index contributed by atoms with van der Waals surface area (Å²) in [7, 11) is -4.10. The summed E-state index contributed by atoms with van der Waals surface area (Å²) in [5.74, 6) is -0.951. The minimum absolute atomic E-state index is 0.0241. The topological polar surface area (TPSA) is 95.6 Å². The van der Waals surface area contributed by atoms with Gasteiger partial charge in [-0.2, -0.15) is 0 Å². The van der Waals surface area contributed by atoms with Crippen LogP contribution in [0.15, 0.2) is 83.8 Å². The maximum atomic E-state index is 13.4. The van der Waals surface area contributed by atoms with E-state index in [1.54, 1.807) is 60.7 Å². The number of carbonyl (C=O) groups excluding carboxylic acids is 2. The molecule has 9 heteroatoms. The minimum atomic E-state index is -4.10. The lowest BCUT2D eigenvalue weighted by molar-refractivity contribution is -0.114. The van der Waals surface area contributed by atoms with Crippen molar-refractivity contribution in [2.45, 2.75) is 31.2 Å². The van der Waals surface area contributed by atoms with Crippen LogP contribution in [0, 0.1) is 0 Å². The van der Waals surface area contributed by atoms with Gasteiger partial charge in [-0.1, -0.05) is 61.0 Å². The zero-order chi connectivity index (χ0) is 24.7. The number of nitrogens with zero attached hydrogens (tertiary/aromatic N) is 1. The molecule has 1 atom stereocenters. The van der Waals surface area contributed by atoms with Crippen LogP contribution in [0.4, 0.5) is 11.4 Å². The van der Waals surface area contributed by atoms with Crippen LogP contribution >= 0.6 is 11.6 Å². The summed E-state index contributed by atoms with van der Waals surface area (Å²) in [6.07, 6.45) is 0.754. The standard InChI is InChI=1S/C25H26ClN3O4S/c1-3-18(2)27-25(31)20-13-7-9-15-22(20)28-24(30)17-29(23-16-10-8-14-21(23)26)34(32,33)19-11-5-4-6-12-19/h4-16,18H,3,17H2,1-2H3,(H,27,31)(H,28,30)/t18-/m1/s1. The van der Waals surface area contributed by atoms with Gasteiger partial charge in [0.05, 0.1) is 26.9 Å². The Bertz CT molecular complexity index is 1270. The monoisotopic (exact) mass is 499 g/mol. The van der Waals surface area contributed by atoms with E-state index >= 15 is 0 Å². The Hall–Kier alpha value is -3.36. The van der Waals surface area contributed by atoms with Crippen molar-refractivity contribution in [3.05, 3.63) is 89.4 Å². The van der Waals surface area contributed by atoms with Crippen molar-refractivity contribution in [3.8, 4) is 0 Å². The summed E-state index contributed by atoms with van der Waals surface area (Å²) in [6.45, 7) is 3.30. The lowest BCUT2D eigenvalue weighted by Crippen LogP contribution is -2.39. The number of hydrogen-bond donors (Lipinski definition) is 2. The van der Waals surface area contributed by atoms with E-state index in [2.05, 4.69) is 10.6 Å². The van der Waals surface area contributed by atoms with Gasteiger partial charge in [0.15, 0.2) is 0 Å². The number of para-hydroxylation sites is 2. The third-order valence-electron chi connectivity index (χ3n) is 5.18. The summed E-state index contributed by atoms with van der Waals surface area (Å²) in [5, 5.41) is 5.73. The average Bonchev–Trinajstić information content (AvgIpc) is 2.83. The first kappa shape index (κ1) is 25.3. The van der Waals surface area contributed by atoms with Gasteiger partial charge in [0.1, 0.15) is 6.54 Å². The quantitative estimate of drug-likeness (QED) is 0.446. The van der Waals surface area contributed by atoms with E-state index in [0.717, 1.165) is 10.7 Å². The molecule has 0 aromatic heterocycles. The molecule has 0 radical (unpaired) electrons. The molecule has 0 fully saturated rings. The van der Waals surface area contributed by atoms with Crippen molar-refractivity contribution < 1.29 is 18.0 Å². The van der Waals surface area contributed by atoms with Crippen LogP contribution in [0.3, 0.4) is 0 Å². The smallest absolute Gasteiger partial charge is 0.264 e. The van der Waals surface area contributed by atoms with Crippen molar-refractivity contribution in [2.24, 2.45) is 0 Å². The predicted molar refractivity (Wildman–Crippen MR) is 135 cm³/mol. The van der Waals surface area contributed by atoms with Gasteiger partial charge in [0.25, 0.3) is 15.9 Å². The largest absolute Gasteiger partial charge is 0.350 e. The van der Waals surface area contributed by atoms with Gasteiger partial charge in [0, 0.05) is 6.04 Å². The first-order valence-corrected chi connectivity index (χ1v) is 12.6. The molecule has 0 aliphatic heterocycles. The Labute approximate surface area is 204 Å². The predicted octanol–water partition coefficient (Wildman–Crippen LogP) is 4.70. The molecule has 7 nitrogen and oxygen atoms in total. The molecule has 0 bridgehead atoms. The molecule has 0 unspecified atom stereocenters. The van der Waals surface area contributed by atoms with Crippen LogP contribution in [-0.4, -0.2) is 32.8 Å². The molecule has 0 spiro atoms. The number of hydrogen-bond acceptors (Lipinski definition) is 4. The van der Waals surface area contributed by atoms with Gasteiger partial charge >= 0.3 is 0 Å². The third kappa shape index (κ3) is 5.95. The van der Waals surface area contributed by atoms with Gasteiger partial charge in [-0.3, -0.25) is 13.9 Å². The van der Waals surface area contributed by atoms with Crippen LogP contribution in [0.2, 0.25) is 5.02 Å². The van der Waals surface area contributed by atoms with Crippen molar-refractivity contribution in [3.63, 3.8) is 0 Å². The van der Waals surface area contributed by atoms with E-state index in [1.807, 2.05) is 13.8 Å². The fraction of sp³-hybridized carbons (Fsp3) is 0.200. The second kappa shape index (κ2) is 11.2. The lowest BCUT2D eigenvalue weighted by Gasteiger charge is -2.25. The maximum Gasteiger partial charge on any atom is 0.264 e. The highest BCUT2D eigenvalue weighted by molar-refractivity contribution is 7.92. The SMILES string of the molecule is CC[C@@H](C)NC(=O)c1ccccc1NC(=O)CN(c1ccccc1Cl)S(=O)(=O)c1ccccc1. The fourth-order valence-corrected chi connectivity index (χ4v) is 4.94. The molecule has 0 saturated carbocycles. The summed E-state index contributed by atoms with van der Waals surface area (Å²) in [4.78, 5) is 25.7. The summed E-state index contributed by atoms with van der Waals surface area (Å²) in [6, 6.07) is 20.7. The number of carbonyl (C=O) groups is 2. The van der Waals surface area contributed by atoms with E-state index in [0.29, 0.717) is 0 Å². The average molecular weight is 500 g/mol. The van der Waals surface area contributed by atoms with Crippen molar-refractivity contribution >= 4 is 44.8 Å². The first-order chi connectivity index (χ1) is 16.2. The fourth-order valence-electron chi connectivity index (χ4n) is 3.19. The lowest BCUT2D eigenvalue weighted by atomic mass is 10.1. The summed E-state index contributed by atoms with van der Waals surface area (Å²) < 4.78 is 27.8. The van der Waals surface area contributed by atoms with E-state index in [-0.39, 0.29) is 38.8 Å². The molecule has 2 N–H and O–H groups in total. The first-order valence-electron chi connectivity index (χ1n) is 10.8. The van der Waals surface area contributed by atoms with Crippen LogP contribution in [0.25, 0.3) is 0 Å². The number of amides is 2. The highest BCUT2D eigenvalue weighted by Gasteiger charge is 2.29. The van der Waals surface area contributed by atoms with E-state index in [9.17, 15) is 18.0 Å². The molecular formula is C25H26ClN3O4S. The van der Waals surface area contributed by atoms with Crippen LogP contribution < -0.4 is 14.9 Å². The number of nitrogens with one attached hydrogen (secondary N) is 2. The summed E-state index contributed by atoms with van der Waals surface area (Å²) in [5.41, 5.74) is 0.738. The third-order valence-corrected chi connectivity index (χ3v) is 7.27. The number of halogens is 1.